The molecule has 0 bridgehead atoms. The van der Waals surface area contributed by atoms with Crippen LogP contribution in [0.4, 0.5) is 0 Å². The summed E-state index contributed by atoms with van der Waals surface area (Å²) in [6.07, 6.45) is 1.44. The van der Waals surface area contributed by atoms with Crippen LogP contribution in [0.25, 0.3) is 6.08 Å². The first kappa shape index (κ1) is 15.1. The van der Waals surface area contributed by atoms with E-state index in [0.29, 0.717) is 17.1 Å². The van der Waals surface area contributed by atoms with Crippen LogP contribution in [-0.2, 0) is 4.79 Å². The summed E-state index contributed by atoms with van der Waals surface area (Å²) in [4.78, 5) is 11.4. The van der Waals surface area contributed by atoms with Gasteiger partial charge in [0, 0.05) is 7.05 Å². The molecule has 0 heterocycles. The van der Waals surface area contributed by atoms with Crippen LogP contribution in [-0.4, -0.2) is 26.7 Å². The Bertz CT molecular complexity index is 609. The van der Waals surface area contributed by atoms with Gasteiger partial charge in [-0.15, -0.1) is 0 Å². The van der Waals surface area contributed by atoms with Crippen LogP contribution >= 0.6 is 0 Å². The lowest BCUT2D eigenvalue weighted by Crippen LogP contribution is -2.19. The zero-order valence-electron chi connectivity index (χ0n) is 11.1. The Morgan fingerprint density at radius 3 is 2.70 bits per heavy atom. The van der Waals surface area contributed by atoms with Gasteiger partial charge in [-0.2, -0.15) is 10.5 Å². The molecule has 0 spiro atoms. The molecule has 20 heavy (non-hydrogen) atoms. The maximum absolute atomic E-state index is 11.4. The average molecular weight is 271 g/mol. The van der Waals surface area contributed by atoms with Crippen LogP contribution in [0.1, 0.15) is 5.56 Å². The molecule has 0 unspecified atom stereocenters. The number of hydrogen-bond acceptors (Lipinski definition) is 5. The Labute approximate surface area is 116 Å². The van der Waals surface area contributed by atoms with Gasteiger partial charge in [-0.05, 0) is 23.8 Å². The normalized spacial score (nSPS) is 10.1. The Morgan fingerprint density at radius 2 is 2.15 bits per heavy atom. The Hall–Kier alpha value is -2.99. The Kier molecular flexibility index (Phi) is 5.61. The summed E-state index contributed by atoms with van der Waals surface area (Å²) in [6.45, 7) is -0.0900. The minimum absolute atomic E-state index is 0.0137. The molecule has 0 atom stereocenters. The molecule has 6 nitrogen and oxygen atoms in total. The van der Waals surface area contributed by atoms with E-state index < -0.39 is 5.91 Å². The van der Waals surface area contributed by atoms with Gasteiger partial charge in [0.1, 0.15) is 17.7 Å². The van der Waals surface area contributed by atoms with Gasteiger partial charge in [0.05, 0.1) is 7.11 Å². The molecule has 1 rings (SSSR count). The molecule has 1 aromatic rings. The van der Waals surface area contributed by atoms with E-state index in [9.17, 15) is 4.79 Å². The second kappa shape index (κ2) is 7.45. The molecule has 0 radical (unpaired) electrons. The van der Waals surface area contributed by atoms with Crippen LogP contribution in [0.5, 0.6) is 11.5 Å². The lowest BCUT2D eigenvalue weighted by atomic mass is 10.1. The van der Waals surface area contributed by atoms with Crippen LogP contribution in [0.2, 0.25) is 0 Å². The maximum atomic E-state index is 11.4. The fourth-order valence-electron chi connectivity index (χ4n) is 1.45. The molecule has 0 saturated carbocycles. The highest BCUT2D eigenvalue weighted by Crippen LogP contribution is 2.28. The Morgan fingerprint density at radius 1 is 1.40 bits per heavy atom. The third-order valence-corrected chi connectivity index (χ3v) is 2.38. The molecule has 6 heteroatoms. The van der Waals surface area contributed by atoms with Gasteiger partial charge >= 0.3 is 0 Å². The highest BCUT2D eigenvalue weighted by molar-refractivity contribution is 6.01. The average Bonchev–Trinajstić information content (AvgIpc) is 2.50. The standard InChI is InChI=1S/C14H13N3O3/c1-17-14(18)11(9-16)7-10-3-4-12(20-6-5-15)13(8-10)19-2/h3-4,7-8H,6H2,1-2H3,(H,17,18). The van der Waals surface area contributed by atoms with Crippen molar-refractivity contribution in [3.05, 3.63) is 29.3 Å². The number of carbonyl (C=O) groups is 1. The topological polar surface area (TPSA) is 95.1 Å². The van der Waals surface area contributed by atoms with Crippen molar-refractivity contribution < 1.29 is 14.3 Å². The maximum Gasteiger partial charge on any atom is 0.261 e. The smallest absolute Gasteiger partial charge is 0.261 e. The first-order valence-corrected chi connectivity index (χ1v) is 5.68. The first-order valence-electron chi connectivity index (χ1n) is 5.68. The van der Waals surface area contributed by atoms with E-state index in [1.165, 1.54) is 20.2 Å². The highest BCUT2D eigenvalue weighted by atomic mass is 16.5. The van der Waals surface area contributed by atoms with Crippen LogP contribution in [0, 0.1) is 22.7 Å². The van der Waals surface area contributed by atoms with Crippen molar-refractivity contribution in [1.82, 2.24) is 5.32 Å². The number of carbonyl (C=O) groups excluding carboxylic acids is 1. The quantitative estimate of drug-likeness (QED) is 0.642. The summed E-state index contributed by atoms with van der Waals surface area (Å²) >= 11 is 0. The number of nitriles is 2. The lowest BCUT2D eigenvalue weighted by Gasteiger charge is -2.09. The number of methoxy groups -OCH3 is 1. The molecule has 0 aliphatic carbocycles. The van der Waals surface area contributed by atoms with Crippen LogP contribution in [0.15, 0.2) is 23.8 Å². The van der Waals surface area contributed by atoms with Crippen molar-refractivity contribution in [3.8, 4) is 23.6 Å². The van der Waals surface area contributed by atoms with Gasteiger partial charge in [-0.25, -0.2) is 0 Å². The lowest BCUT2D eigenvalue weighted by molar-refractivity contribution is -0.116. The summed E-state index contributed by atoms with van der Waals surface area (Å²) in [7, 11) is 2.92. The number of nitrogens with zero attached hydrogens (tertiary/aromatic N) is 2. The number of benzene rings is 1. The highest BCUT2D eigenvalue weighted by Gasteiger charge is 2.09. The third kappa shape index (κ3) is 3.76. The molecule has 1 N–H and O–H groups in total. The molecular formula is C14H13N3O3. The number of hydrogen-bond donors (Lipinski definition) is 1. The van der Waals surface area contributed by atoms with Gasteiger partial charge in [-0.3, -0.25) is 4.79 Å². The van der Waals surface area contributed by atoms with E-state index in [1.54, 1.807) is 18.2 Å². The van der Waals surface area contributed by atoms with Crippen molar-refractivity contribution in [2.24, 2.45) is 0 Å². The summed E-state index contributed by atoms with van der Waals surface area (Å²) < 4.78 is 10.3. The Balaban J connectivity index is 3.10. The largest absolute Gasteiger partial charge is 0.493 e. The predicted molar refractivity (Wildman–Crippen MR) is 71.8 cm³/mol. The van der Waals surface area contributed by atoms with Crippen molar-refractivity contribution in [2.45, 2.75) is 0 Å². The van der Waals surface area contributed by atoms with Crippen molar-refractivity contribution in [2.75, 3.05) is 20.8 Å². The number of rotatable bonds is 5. The van der Waals surface area contributed by atoms with E-state index in [2.05, 4.69) is 5.32 Å². The zero-order valence-corrected chi connectivity index (χ0v) is 11.1. The molecule has 1 amide bonds. The fourth-order valence-corrected chi connectivity index (χ4v) is 1.45. The van der Waals surface area contributed by atoms with Gasteiger partial charge in [0.2, 0.25) is 0 Å². The van der Waals surface area contributed by atoms with Crippen molar-refractivity contribution >= 4 is 12.0 Å². The summed E-state index contributed by atoms with van der Waals surface area (Å²) in [6, 6.07) is 8.57. The summed E-state index contributed by atoms with van der Waals surface area (Å²) in [5, 5.41) is 19.8. The van der Waals surface area contributed by atoms with E-state index in [4.69, 9.17) is 20.0 Å². The molecule has 0 aromatic heterocycles. The molecule has 1 aromatic carbocycles. The predicted octanol–water partition coefficient (Wildman–Crippen LogP) is 1.25. The zero-order chi connectivity index (χ0) is 15.0. The van der Waals surface area contributed by atoms with Crippen LogP contribution < -0.4 is 14.8 Å². The molecular weight excluding hydrogens is 258 g/mol. The molecule has 102 valence electrons. The van der Waals surface area contributed by atoms with Crippen molar-refractivity contribution in [1.29, 1.82) is 10.5 Å². The van der Waals surface area contributed by atoms with E-state index >= 15 is 0 Å². The molecule has 0 aliphatic heterocycles. The number of likely N-dealkylation sites (N-methyl/N-ethyl adjacent to an activating group) is 1. The molecule has 0 fully saturated rings. The number of amides is 1. The second-order valence-electron chi connectivity index (χ2n) is 3.61. The minimum Gasteiger partial charge on any atom is -0.493 e. The minimum atomic E-state index is -0.462. The number of ether oxygens (including phenoxy) is 2. The molecule has 0 aliphatic rings. The fraction of sp³-hybridized carbons (Fsp3) is 0.214. The van der Waals surface area contributed by atoms with Gasteiger partial charge < -0.3 is 14.8 Å². The van der Waals surface area contributed by atoms with Crippen LogP contribution in [0.3, 0.4) is 0 Å². The monoisotopic (exact) mass is 271 g/mol. The summed E-state index contributed by atoms with van der Waals surface area (Å²) in [5.41, 5.74) is 0.603. The molecule has 0 saturated heterocycles. The third-order valence-electron chi connectivity index (χ3n) is 2.38. The SMILES string of the molecule is CNC(=O)C(C#N)=Cc1ccc(OCC#N)c(OC)c1. The number of nitrogens with one attached hydrogen (secondary N) is 1. The summed E-state index contributed by atoms with van der Waals surface area (Å²) in [5.74, 6) is 0.379. The van der Waals surface area contributed by atoms with Gasteiger partial charge in [-0.1, -0.05) is 6.07 Å². The van der Waals surface area contributed by atoms with E-state index in [-0.39, 0.29) is 12.2 Å². The van der Waals surface area contributed by atoms with E-state index in [0.717, 1.165) is 0 Å². The van der Waals surface area contributed by atoms with Gasteiger partial charge in [0.25, 0.3) is 5.91 Å². The second-order valence-corrected chi connectivity index (χ2v) is 3.61. The van der Waals surface area contributed by atoms with E-state index in [1.807, 2.05) is 12.1 Å². The van der Waals surface area contributed by atoms with Gasteiger partial charge in [0.15, 0.2) is 18.1 Å². The van der Waals surface area contributed by atoms with Crippen molar-refractivity contribution in [3.63, 3.8) is 0 Å². The first-order chi connectivity index (χ1) is 9.65.